The zero-order valence-corrected chi connectivity index (χ0v) is 14.1. The number of pyridine rings is 1. The fourth-order valence-electron chi connectivity index (χ4n) is 2.11. The highest BCUT2D eigenvalue weighted by Crippen LogP contribution is 2.17. The topological polar surface area (TPSA) is 80.2 Å². The number of aliphatic hydroxyl groups is 1. The van der Waals surface area contributed by atoms with Crippen LogP contribution in [0.4, 0.5) is 5.95 Å². The Morgan fingerprint density at radius 3 is 2.72 bits per heavy atom. The lowest BCUT2D eigenvalue weighted by atomic mass is 10.2. The lowest BCUT2D eigenvalue weighted by Crippen LogP contribution is -2.27. The number of hydrogen-bond acceptors (Lipinski definition) is 6. The van der Waals surface area contributed by atoms with Crippen LogP contribution in [0.1, 0.15) is 0 Å². The molecule has 0 saturated carbocycles. The number of hydrogen-bond donors (Lipinski definition) is 2. The normalized spacial score (nSPS) is 11.8. The lowest BCUT2D eigenvalue weighted by Gasteiger charge is -2.13. The van der Waals surface area contributed by atoms with E-state index in [2.05, 4.69) is 20.3 Å². The second-order valence-corrected chi connectivity index (χ2v) is 5.74. The first-order chi connectivity index (χ1) is 12.2. The third-order valence-corrected chi connectivity index (χ3v) is 3.62. The first-order valence-corrected chi connectivity index (χ1v) is 8.12. The molecule has 0 spiro atoms. The molecule has 128 valence electrons. The number of anilines is 1. The minimum atomic E-state index is -0.707. The average Bonchev–Trinajstić information content (AvgIpc) is 2.67. The quantitative estimate of drug-likeness (QED) is 0.677. The average molecular weight is 357 g/mol. The van der Waals surface area contributed by atoms with Gasteiger partial charge in [-0.1, -0.05) is 11.6 Å². The molecule has 2 heterocycles. The van der Waals surface area contributed by atoms with Crippen molar-refractivity contribution < 1.29 is 9.84 Å². The largest absolute Gasteiger partial charge is 0.491 e. The molecule has 3 rings (SSSR count). The summed E-state index contributed by atoms with van der Waals surface area (Å²) in [6.45, 7) is 0.418. The van der Waals surface area contributed by atoms with Crippen molar-refractivity contribution in [3.8, 4) is 17.0 Å². The van der Waals surface area contributed by atoms with Crippen LogP contribution in [0.2, 0.25) is 5.02 Å². The molecule has 2 aromatic heterocycles. The molecule has 0 aliphatic heterocycles. The van der Waals surface area contributed by atoms with E-state index in [1.54, 1.807) is 42.9 Å². The van der Waals surface area contributed by atoms with Gasteiger partial charge in [-0.2, -0.15) is 0 Å². The summed E-state index contributed by atoms with van der Waals surface area (Å²) >= 11 is 5.82. The minimum Gasteiger partial charge on any atom is -0.491 e. The van der Waals surface area contributed by atoms with Crippen LogP contribution in [0.25, 0.3) is 11.3 Å². The van der Waals surface area contributed by atoms with Gasteiger partial charge in [0.1, 0.15) is 18.5 Å². The van der Waals surface area contributed by atoms with Crippen molar-refractivity contribution in [3.63, 3.8) is 0 Å². The third-order valence-electron chi connectivity index (χ3n) is 3.36. The lowest BCUT2D eigenvalue weighted by molar-refractivity contribution is 0.117. The van der Waals surface area contributed by atoms with Gasteiger partial charge in [-0.15, -0.1) is 0 Å². The van der Waals surface area contributed by atoms with E-state index in [0.29, 0.717) is 16.7 Å². The monoisotopic (exact) mass is 356 g/mol. The van der Waals surface area contributed by atoms with E-state index in [-0.39, 0.29) is 13.2 Å². The van der Waals surface area contributed by atoms with Gasteiger partial charge in [0.15, 0.2) is 0 Å². The molecule has 1 atom stereocenters. The highest BCUT2D eigenvalue weighted by atomic mass is 35.5. The van der Waals surface area contributed by atoms with Crippen molar-refractivity contribution in [2.75, 3.05) is 18.5 Å². The summed E-state index contributed by atoms with van der Waals surface area (Å²) in [5.74, 6) is 1.09. The Morgan fingerprint density at radius 1 is 1.12 bits per heavy atom. The maximum Gasteiger partial charge on any atom is 0.223 e. The molecule has 0 saturated heterocycles. The number of rotatable bonds is 7. The Hall–Kier alpha value is -2.70. The summed E-state index contributed by atoms with van der Waals surface area (Å²) in [6.07, 6.45) is 4.40. The summed E-state index contributed by atoms with van der Waals surface area (Å²) in [7, 11) is 0. The maximum atomic E-state index is 10.0. The van der Waals surface area contributed by atoms with Crippen LogP contribution in [-0.2, 0) is 0 Å². The third kappa shape index (κ3) is 5.14. The Balaban J connectivity index is 1.52. The molecule has 0 radical (unpaired) electrons. The molecule has 6 nitrogen and oxygen atoms in total. The molecule has 1 aromatic carbocycles. The van der Waals surface area contributed by atoms with Gasteiger partial charge in [0.25, 0.3) is 0 Å². The molecule has 25 heavy (non-hydrogen) atoms. The fraction of sp³-hybridized carbons (Fsp3) is 0.167. The Bertz CT molecular complexity index is 800. The van der Waals surface area contributed by atoms with Crippen LogP contribution in [0.5, 0.6) is 5.75 Å². The van der Waals surface area contributed by atoms with E-state index in [1.165, 1.54) is 0 Å². The second-order valence-electron chi connectivity index (χ2n) is 5.31. The Labute approximate surface area is 150 Å². The smallest absolute Gasteiger partial charge is 0.223 e. The van der Waals surface area contributed by atoms with E-state index in [4.69, 9.17) is 16.3 Å². The number of halogens is 1. The first-order valence-electron chi connectivity index (χ1n) is 7.74. The van der Waals surface area contributed by atoms with Crippen LogP contribution in [-0.4, -0.2) is 39.3 Å². The molecule has 3 aromatic rings. The molecular formula is C18H17ClN4O2. The molecule has 0 fully saturated rings. The Morgan fingerprint density at radius 2 is 1.96 bits per heavy atom. The van der Waals surface area contributed by atoms with Crippen LogP contribution in [0.15, 0.2) is 61.1 Å². The number of aliphatic hydroxyl groups excluding tert-OH is 1. The fourth-order valence-corrected chi connectivity index (χ4v) is 2.24. The van der Waals surface area contributed by atoms with Crippen molar-refractivity contribution in [2.45, 2.75) is 6.10 Å². The van der Waals surface area contributed by atoms with Crippen LogP contribution >= 0.6 is 11.6 Å². The van der Waals surface area contributed by atoms with Crippen molar-refractivity contribution >= 4 is 17.5 Å². The molecule has 0 aliphatic carbocycles. The second kappa shape index (κ2) is 8.41. The van der Waals surface area contributed by atoms with Gasteiger partial charge in [-0.25, -0.2) is 9.97 Å². The highest BCUT2D eigenvalue weighted by molar-refractivity contribution is 6.30. The molecule has 0 bridgehead atoms. The molecule has 0 aliphatic rings. The van der Waals surface area contributed by atoms with E-state index < -0.39 is 6.10 Å². The van der Waals surface area contributed by atoms with Crippen molar-refractivity contribution in [1.29, 1.82) is 0 Å². The number of nitrogens with zero attached hydrogens (tertiary/aromatic N) is 3. The highest BCUT2D eigenvalue weighted by Gasteiger charge is 2.07. The van der Waals surface area contributed by atoms with E-state index >= 15 is 0 Å². The Kier molecular flexibility index (Phi) is 5.77. The summed E-state index contributed by atoms with van der Waals surface area (Å²) in [6, 6.07) is 12.6. The number of ether oxygens (including phenoxy) is 1. The molecule has 2 N–H and O–H groups in total. The van der Waals surface area contributed by atoms with Gasteiger partial charge in [-0.3, -0.25) is 4.98 Å². The maximum absolute atomic E-state index is 10.0. The zero-order chi connectivity index (χ0) is 17.5. The number of nitrogens with one attached hydrogen (secondary N) is 1. The number of benzene rings is 1. The summed E-state index contributed by atoms with van der Waals surface area (Å²) < 4.78 is 5.51. The zero-order valence-electron chi connectivity index (χ0n) is 13.3. The molecule has 7 heteroatoms. The first kappa shape index (κ1) is 17.1. The van der Waals surface area contributed by atoms with E-state index in [0.717, 1.165) is 11.3 Å². The van der Waals surface area contributed by atoms with Crippen molar-refractivity contribution in [1.82, 2.24) is 15.0 Å². The van der Waals surface area contributed by atoms with E-state index in [1.807, 2.05) is 18.2 Å². The van der Waals surface area contributed by atoms with Gasteiger partial charge in [0.05, 0.1) is 5.69 Å². The van der Waals surface area contributed by atoms with Gasteiger partial charge in [0, 0.05) is 35.7 Å². The van der Waals surface area contributed by atoms with Crippen LogP contribution < -0.4 is 10.1 Å². The summed E-state index contributed by atoms with van der Waals surface area (Å²) in [4.78, 5) is 12.6. The van der Waals surface area contributed by atoms with E-state index in [9.17, 15) is 5.11 Å². The van der Waals surface area contributed by atoms with Crippen molar-refractivity contribution in [2.24, 2.45) is 0 Å². The van der Waals surface area contributed by atoms with Gasteiger partial charge in [-0.05, 0) is 42.5 Å². The minimum absolute atomic E-state index is 0.150. The predicted molar refractivity (Wildman–Crippen MR) is 96.7 cm³/mol. The van der Waals surface area contributed by atoms with Gasteiger partial charge >= 0.3 is 0 Å². The van der Waals surface area contributed by atoms with Crippen LogP contribution in [0, 0.1) is 0 Å². The summed E-state index contributed by atoms with van der Waals surface area (Å²) in [5, 5.41) is 13.7. The SMILES string of the molecule is O[C@@H](CNc1nccc(-c2cccnc2)n1)COc1ccc(Cl)cc1. The summed E-state index contributed by atoms with van der Waals surface area (Å²) in [5.41, 5.74) is 1.66. The predicted octanol–water partition coefficient (Wildman–Crippen LogP) is 3.04. The standard InChI is InChI=1S/C18H17ClN4O2/c19-14-3-5-16(6-4-14)25-12-15(24)11-22-18-21-9-7-17(23-18)13-2-1-8-20-10-13/h1-10,15,24H,11-12H2,(H,21,22,23)/t15-/m0/s1. The number of aromatic nitrogens is 3. The molecule has 0 amide bonds. The van der Waals surface area contributed by atoms with Crippen LogP contribution in [0.3, 0.4) is 0 Å². The van der Waals surface area contributed by atoms with Crippen molar-refractivity contribution in [3.05, 3.63) is 66.1 Å². The van der Waals surface area contributed by atoms with Gasteiger partial charge in [0.2, 0.25) is 5.95 Å². The van der Waals surface area contributed by atoms with Gasteiger partial charge < -0.3 is 15.2 Å². The molecular weight excluding hydrogens is 340 g/mol. The molecule has 0 unspecified atom stereocenters.